The van der Waals surface area contributed by atoms with Crippen LogP contribution in [0.2, 0.25) is 0 Å². The molecule has 0 spiro atoms. The van der Waals surface area contributed by atoms with Crippen molar-refractivity contribution < 1.29 is 13.2 Å². The van der Waals surface area contributed by atoms with Gasteiger partial charge in [-0.25, -0.2) is 13.6 Å². The highest BCUT2D eigenvalue weighted by Crippen LogP contribution is 2.23. The number of hydrogen-bond acceptors (Lipinski definition) is 3. The van der Waals surface area contributed by atoms with Crippen LogP contribution in [-0.4, -0.2) is 15.0 Å². The topological polar surface area (TPSA) is 69.4 Å². The fraction of sp³-hybridized carbons (Fsp3) is 0.333. The molecule has 2 N–H and O–H groups in total. The number of aryl methyl sites for hydroxylation is 1. The second-order valence-electron chi connectivity index (χ2n) is 4.09. The summed E-state index contributed by atoms with van der Waals surface area (Å²) in [5.74, 6) is 0.288. The van der Waals surface area contributed by atoms with Crippen LogP contribution in [0, 0.1) is 6.92 Å². The van der Waals surface area contributed by atoms with Crippen molar-refractivity contribution in [2.75, 3.05) is 6.61 Å². The molecule has 17 heavy (non-hydrogen) atoms. The maximum Gasteiger partial charge on any atom is 0.241 e. The molecular formula is C12H17NO3S. The Balaban J connectivity index is 3.04. The maximum atomic E-state index is 11.4. The second-order valence-corrected chi connectivity index (χ2v) is 5.62. The highest BCUT2D eigenvalue weighted by molar-refractivity contribution is 7.89. The third-order valence-electron chi connectivity index (χ3n) is 2.14. The number of primary sulfonamides is 1. The van der Waals surface area contributed by atoms with E-state index in [1.807, 2.05) is 19.9 Å². The zero-order valence-corrected chi connectivity index (χ0v) is 11.0. The highest BCUT2D eigenvalue weighted by atomic mass is 32.2. The van der Waals surface area contributed by atoms with E-state index in [1.54, 1.807) is 19.1 Å². The molecule has 1 rings (SSSR count). The van der Waals surface area contributed by atoms with Gasteiger partial charge in [0.1, 0.15) is 17.3 Å². The normalized spacial score (nSPS) is 11.1. The van der Waals surface area contributed by atoms with E-state index in [0.29, 0.717) is 6.61 Å². The molecule has 0 aliphatic carbocycles. The Labute approximate surface area is 102 Å². The first-order valence-electron chi connectivity index (χ1n) is 5.20. The Morgan fingerprint density at radius 3 is 2.59 bits per heavy atom. The van der Waals surface area contributed by atoms with Crippen LogP contribution in [0.5, 0.6) is 5.75 Å². The van der Waals surface area contributed by atoms with E-state index in [0.717, 1.165) is 11.1 Å². The smallest absolute Gasteiger partial charge is 0.241 e. The SMILES string of the molecule is CC(C)=CCOc1ccc(C)cc1S(N)(=O)=O. The van der Waals surface area contributed by atoms with Gasteiger partial charge in [-0.05, 0) is 44.5 Å². The summed E-state index contributed by atoms with van der Waals surface area (Å²) < 4.78 is 28.2. The van der Waals surface area contributed by atoms with Crippen molar-refractivity contribution in [2.45, 2.75) is 25.7 Å². The van der Waals surface area contributed by atoms with E-state index >= 15 is 0 Å². The van der Waals surface area contributed by atoms with Crippen LogP contribution < -0.4 is 9.88 Å². The monoisotopic (exact) mass is 255 g/mol. The summed E-state index contributed by atoms with van der Waals surface area (Å²) in [6, 6.07) is 4.91. The van der Waals surface area contributed by atoms with Crippen LogP contribution in [0.25, 0.3) is 0 Å². The van der Waals surface area contributed by atoms with E-state index in [1.165, 1.54) is 6.07 Å². The lowest BCUT2D eigenvalue weighted by Crippen LogP contribution is -2.14. The minimum Gasteiger partial charge on any atom is -0.488 e. The second kappa shape index (κ2) is 5.33. The summed E-state index contributed by atoms with van der Waals surface area (Å²) in [4.78, 5) is 0.0275. The zero-order valence-electron chi connectivity index (χ0n) is 10.2. The van der Waals surface area contributed by atoms with E-state index < -0.39 is 10.0 Å². The van der Waals surface area contributed by atoms with Crippen LogP contribution >= 0.6 is 0 Å². The molecule has 4 nitrogen and oxygen atoms in total. The van der Waals surface area contributed by atoms with Crippen LogP contribution in [0.3, 0.4) is 0 Å². The molecule has 0 fully saturated rings. The van der Waals surface area contributed by atoms with E-state index in [2.05, 4.69) is 0 Å². The molecule has 1 aromatic carbocycles. The summed E-state index contributed by atoms with van der Waals surface area (Å²) in [5, 5.41) is 5.13. The lowest BCUT2D eigenvalue weighted by molar-refractivity contribution is 0.352. The minimum atomic E-state index is -3.75. The fourth-order valence-corrected chi connectivity index (χ4v) is 2.01. The quantitative estimate of drug-likeness (QED) is 0.836. The molecule has 0 saturated heterocycles. The van der Waals surface area contributed by atoms with Gasteiger partial charge in [0.25, 0.3) is 0 Å². The van der Waals surface area contributed by atoms with Crippen molar-refractivity contribution >= 4 is 10.0 Å². The van der Waals surface area contributed by atoms with Gasteiger partial charge in [0, 0.05) is 0 Å². The van der Waals surface area contributed by atoms with Gasteiger partial charge in [0.05, 0.1) is 0 Å². The molecular weight excluding hydrogens is 238 g/mol. The predicted octanol–water partition coefficient (Wildman–Crippen LogP) is 1.99. The van der Waals surface area contributed by atoms with Gasteiger partial charge in [-0.2, -0.15) is 0 Å². The third-order valence-corrected chi connectivity index (χ3v) is 3.07. The van der Waals surface area contributed by atoms with Gasteiger partial charge in [-0.15, -0.1) is 0 Å². The molecule has 0 aliphatic heterocycles. The van der Waals surface area contributed by atoms with Crippen LogP contribution in [-0.2, 0) is 10.0 Å². The van der Waals surface area contributed by atoms with Crippen molar-refractivity contribution in [2.24, 2.45) is 5.14 Å². The van der Waals surface area contributed by atoms with Gasteiger partial charge in [0.15, 0.2) is 0 Å². The van der Waals surface area contributed by atoms with Gasteiger partial charge >= 0.3 is 0 Å². The standard InChI is InChI=1S/C12H17NO3S/c1-9(2)6-7-16-11-5-4-10(3)8-12(11)17(13,14)15/h4-6,8H,7H2,1-3H3,(H2,13,14,15). The molecule has 0 radical (unpaired) electrons. The van der Waals surface area contributed by atoms with Crippen molar-refractivity contribution in [1.29, 1.82) is 0 Å². The van der Waals surface area contributed by atoms with Crippen molar-refractivity contribution in [3.05, 3.63) is 35.4 Å². The molecule has 0 amide bonds. The first kappa shape index (κ1) is 13.7. The number of ether oxygens (including phenoxy) is 1. The van der Waals surface area contributed by atoms with E-state index in [9.17, 15) is 8.42 Å². The summed E-state index contributed by atoms with van der Waals surface area (Å²) in [5.41, 5.74) is 1.93. The Morgan fingerprint density at radius 1 is 1.41 bits per heavy atom. The third kappa shape index (κ3) is 4.20. The first-order chi connectivity index (χ1) is 7.80. The van der Waals surface area contributed by atoms with Crippen molar-refractivity contribution in [3.63, 3.8) is 0 Å². The fourth-order valence-electron chi connectivity index (χ4n) is 1.25. The molecule has 94 valence electrons. The lowest BCUT2D eigenvalue weighted by atomic mass is 10.2. The molecule has 0 bridgehead atoms. The van der Waals surface area contributed by atoms with Gasteiger partial charge in [-0.3, -0.25) is 0 Å². The number of hydrogen-bond donors (Lipinski definition) is 1. The summed E-state index contributed by atoms with van der Waals surface area (Å²) in [7, 11) is -3.75. The van der Waals surface area contributed by atoms with Crippen molar-refractivity contribution in [1.82, 2.24) is 0 Å². The molecule has 0 unspecified atom stereocenters. The maximum absolute atomic E-state index is 11.4. The molecule has 0 aliphatic rings. The molecule has 1 aromatic rings. The van der Waals surface area contributed by atoms with Gasteiger partial charge in [-0.1, -0.05) is 11.6 Å². The lowest BCUT2D eigenvalue weighted by Gasteiger charge is -2.09. The molecule has 0 atom stereocenters. The van der Waals surface area contributed by atoms with Crippen molar-refractivity contribution in [3.8, 4) is 5.75 Å². The van der Waals surface area contributed by atoms with Gasteiger partial charge in [0.2, 0.25) is 10.0 Å². The average molecular weight is 255 g/mol. The van der Waals surface area contributed by atoms with Crippen LogP contribution in [0.15, 0.2) is 34.7 Å². The Hall–Kier alpha value is -1.33. The summed E-state index contributed by atoms with van der Waals surface area (Å²) in [6.07, 6.45) is 1.87. The number of sulfonamides is 1. The molecule has 0 aromatic heterocycles. The minimum absolute atomic E-state index is 0.0275. The number of rotatable bonds is 4. The largest absolute Gasteiger partial charge is 0.488 e. The summed E-state index contributed by atoms with van der Waals surface area (Å²) >= 11 is 0. The average Bonchev–Trinajstić information content (AvgIpc) is 2.18. The number of allylic oxidation sites excluding steroid dienone is 1. The Bertz CT molecular complexity index is 529. The Morgan fingerprint density at radius 2 is 2.06 bits per heavy atom. The summed E-state index contributed by atoms with van der Waals surface area (Å²) in [6.45, 7) is 6.01. The first-order valence-corrected chi connectivity index (χ1v) is 6.75. The highest BCUT2D eigenvalue weighted by Gasteiger charge is 2.14. The molecule has 0 heterocycles. The predicted molar refractivity (Wildman–Crippen MR) is 67.5 cm³/mol. The van der Waals surface area contributed by atoms with E-state index in [-0.39, 0.29) is 10.6 Å². The number of nitrogens with two attached hydrogens (primary N) is 1. The number of benzene rings is 1. The Kier molecular flexibility index (Phi) is 4.31. The van der Waals surface area contributed by atoms with Crippen LogP contribution in [0.4, 0.5) is 0 Å². The molecule has 0 saturated carbocycles. The van der Waals surface area contributed by atoms with Gasteiger partial charge < -0.3 is 4.74 Å². The van der Waals surface area contributed by atoms with E-state index in [4.69, 9.17) is 9.88 Å². The zero-order chi connectivity index (χ0) is 13.1. The molecule has 5 heteroatoms. The van der Waals surface area contributed by atoms with Crippen LogP contribution in [0.1, 0.15) is 19.4 Å².